The number of nitrogens with one attached hydrogen (secondary N) is 4. The number of H-pyrrole nitrogens is 1. The molecule has 5 fully saturated rings. The van der Waals surface area contributed by atoms with E-state index in [-0.39, 0.29) is 70.2 Å². The van der Waals surface area contributed by atoms with Crippen LogP contribution in [0.15, 0.2) is 204 Å². The molecule has 10 heterocycles. The molecule has 1 unspecified atom stereocenters. The van der Waals surface area contributed by atoms with Crippen LogP contribution in [0, 0.1) is 11.1 Å². The monoisotopic (exact) mass is 1650 g/mol. The molecular formula is C75H79Cl4KN12O4S8. The molecule has 4 aromatic carbocycles. The van der Waals surface area contributed by atoms with Crippen LogP contribution in [0.1, 0.15) is 55.1 Å². The van der Waals surface area contributed by atoms with Crippen LogP contribution in [-0.2, 0) is 0 Å². The van der Waals surface area contributed by atoms with Gasteiger partial charge in [0.1, 0.15) is 0 Å². The summed E-state index contributed by atoms with van der Waals surface area (Å²) in [4.78, 5) is 63.1. The maximum absolute atomic E-state index is 13.3. The molecule has 4 N–H and O–H groups in total. The molecule has 14 rings (SSSR count). The second-order valence-electron chi connectivity index (χ2n) is 22.2. The van der Waals surface area contributed by atoms with Crippen LogP contribution < -0.4 is 66.7 Å². The Morgan fingerprint density at radius 3 is 1.38 bits per heavy atom. The molecule has 0 spiro atoms. The number of aromatic nitrogens is 6. The van der Waals surface area contributed by atoms with Crippen molar-refractivity contribution >= 4 is 180 Å². The number of halogens is 4. The topological polar surface area (TPSA) is 224 Å². The Kier molecular flexibility index (Phi) is 40.1. The summed E-state index contributed by atoms with van der Waals surface area (Å²) in [7, 11) is 0.750. The van der Waals surface area contributed by atoms with Crippen molar-refractivity contribution < 1.29 is 72.3 Å². The fourth-order valence-electron chi connectivity index (χ4n) is 10.8. The van der Waals surface area contributed by atoms with Crippen molar-refractivity contribution in [2.45, 2.75) is 5.92 Å². The quantitative estimate of drug-likeness (QED) is 0.0246. The SMILES string of the molecule is C1CSCCN1.CS/C(=C(\C(=O)c1ccc(Cl)cc1)c1ccncc1)N1CCSCC1.C[O-].Clc1ccc(-c2[nH]nc(N3CCSCC3)c2-c2ccncc2)cc1.N=N.O=C(C(=C1SCS1)c1ccncc1)c1ccc(Cl)cc1.O=C(c1ccc(Cl)cc1)C(C(=S)N1CCSCC1)c1ccncc1.[HH].[K+]. The van der Waals surface area contributed by atoms with Gasteiger partial charge in [0.05, 0.1) is 37.0 Å². The second-order valence-corrected chi connectivity index (χ2v) is 32.7. The van der Waals surface area contributed by atoms with Gasteiger partial charge in [-0.3, -0.25) is 39.4 Å². The summed E-state index contributed by atoms with van der Waals surface area (Å²) in [5, 5.41) is 24.0. The van der Waals surface area contributed by atoms with E-state index in [2.05, 4.69) is 50.1 Å². The van der Waals surface area contributed by atoms with Gasteiger partial charge >= 0.3 is 51.4 Å². The van der Waals surface area contributed by atoms with Crippen LogP contribution >= 0.6 is 141 Å². The summed E-state index contributed by atoms with van der Waals surface area (Å²) in [6.07, 6.45) is 16.0. The van der Waals surface area contributed by atoms with Crippen molar-refractivity contribution in [2.75, 3.05) is 122 Å². The molecule has 540 valence electrons. The van der Waals surface area contributed by atoms with E-state index < -0.39 is 5.92 Å². The molecule has 1 atom stereocenters. The van der Waals surface area contributed by atoms with Gasteiger partial charge in [-0.1, -0.05) is 70.8 Å². The first-order chi connectivity index (χ1) is 50.4. The van der Waals surface area contributed by atoms with Gasteiger partial charge in [-0.2, -0.15) is 59.3 Å². The van der Waals surface area contributed by atoms with Gasteiger partial charge in [0, 0.05) is 202 Å². The molecule has 0 amide bonds. The average Bonchev–Trinajstić information content (AvgIpc) is 1.63. The average molecular weight is 1650 g/mol. The van der Waals surface area contributed by atoms with E-state index in [9.17, 15) is 14.4 Å². The van der Waals surface area contributed by atoms with Crippen LogP contribution in [0.5, 0.6) is 0 Å². The number of carbonyl (C=O) groups excluding carboxylic acids is 3. The van der Waals surface area contributed by atoms with Gasteiger partial charge in [0.15, 0.2) is 23.2 Å². The first kappa shape index (κ1) is 86.7. The summed E-state index contributed by atoms with van der Waals surface area (Å²) in [5.74, 6) is 9.74. The smallest absolute Gasteiger partial charge is 0.857 e. The van der Waals surface area contributed by atoms with Crippen LogP contribution in [0.3, 0.4) is 0 Å². The number of ketones is 3. The molecule has 29 heteroatoms. The number of hydrogen-bond donors (Lipinski definition) is 4. The Morgan fingerprint density at radius 1 is 0.519 bits per heavy atom. The zero-order chi connectivity index (χ0) is 73.1. The standard InChI is InChI=1S/C19H19ClN2OS2.C18H17ClN4S.C18H17ClN2OS2.C15H10ClNOS2.C4H9NS.CH3O.K.H2N2.H2/c1-24-19(22-10-12-25-13-11-22)17(14-6-8-21-9-7-14)18(23)15-2-4-16(20)5-3-15;19-15-3-1-14(2-4-15)17-16(13-5-7-20-8-6-13)18(22-21-17)23-9-11-24-12-10-23;19-15-3-1-14(2-4-15)17(22)16(13-5-7-20-8-6-13)18(23)21-9-11-24-12-10-21;16-12-3-1-11(2-4-12)14(18)13(15-19-9-20-15)10-5-7-17-8-6-10;1-3-6-4-2-5-1;1-2;;1-2;/h2-9H,10-13H2,1H3;1-8H,9-12H2,(H,21,22);1-8,16H,9-12H2;1-8H,9H2;5H,1-4H2;1H3;;1-2H;1H/q;;;;;-1;+1;;/b19-17-;;;;;;;;. The molecule has 5 aliphatic heterocycles. The normalized spacial score (nSPS) is 15.0. The minimum Gasteiger partial charge on any atom is -0.857 e. The number of pyridine rings is 4. The Labute approximate surface area is 708 Å². The Bertz CT molecular complexity index is 4150. The fraction of sp³-hybridized carbons (Fsp3) is 0.267. The van der Waals surface area contributed by atoms with E-state index in [1.807, 2.05) is 138 Å². The Balaban J connectivity index is 0.000000209. The van der Waals surface area contributed by atoms with E-state index in [1.165, 1.54) is 24.6 Å². The maximum Gasteiger partial charge on any atom is 1.00 e. The summed E-state index contributed by atoms with van der Waals surface area (Å²) >= 11 is 42.5. The van der Waals surface area contributed by atoms with Crippen molar-refractivity contribution in [1.82, 2.24) is 45.2 Å². The molecule has 104 heavy (non-hydrogen) atoms. The number of thioether (sulfide) groups is 7. The number of anilines is 1. The third kappa shape index (κ3) is 26.1. The first-order valence-electron chi connectivity index (χ1n) is 32.6. The number of rotatable bonds is 15. The number of thiocarbonyl (C=S) groups is 1. The molecule has 0 bridgehead atoms. The Hall–Kier alpha value is -4.56. The third-order valence-electron chi connectivity index (χ3n) is 15.9. The van der Waals surface area contributed by atoms with Crippen LogP contribution in [-0.4, -0.2) is 179 Å². The summed E-state index contributed by atoms with van der Waals surface area (Å²) in [6, 6.07) is 44.3. The molecule has 0 aliphatic carbocycles. The number of allylic oxidation sites excluding steroid dienone is 2. The van der Waals surface area contributed by atoms with Gasteiger partial charge in [-0.15, -0.1) is 35.3 Å². The van der Waals surface area contributed by atoms with Gasteiger partial charge in [0.2, 0.25) is 0 Å². The fourth-order valence-corrected chi connectivity index (χ4v) is 17.7. The van der Waals surface area contributed by atoms with E-state index >= 15 is 0 Å². The number of benzene rings is 4. The van der Waals surface area contributed by atoms with E-state index in [1.54, 1.807) is 145 Å². The van der Waals surface area contributed by atoms with Gasteiger partial charge in [-0.05, 0) is 162 Å². The summed E-state index contributed by atoms with van der Waals surface area (Å²) in [5.41, 5.74) is 20.5. The van der Waals surface area contributed by atoms with E-state index in [0.717, 1.165) is 156 Å². The van der Waals surface area contributed by atoms with Crippen molar-refractivity contribution in [3.8, 4) is 22.4 Å². The van der Waals surface area contributed by atoms with E-state index in [4.69, 9.17) is 74.8 Å². The van der Waals surface area contributed by atoms with Crippen LogP contribution in [0.4, 0.5) is 5.82 Å². The van der Waals surface area contributed by atoms with Crippen molar-refractivity contribution in [1.29, 1.82) is 11.1 Å². The molecular weight excluding hydrogens is 1570 g/mol. The number of carbonyl (C=O) groups is 3. The molecule has 5 saturated heterocycles. The number of hydrogen-bond acceptors (Lipinski definition) is 22. The van der Waals surface area contributed by atoms with Crippen LogP contribution in [0.2, 0.25) is 20.1 Å². The molecule has 16 nitrogen and oxygen atoms in total. The van der Waals surface area contributed by atoms with E-state index in [0.29, 0.717) is 36.7 Å². The van der Waals surface area contributed by atoms with Crippen molar-refractivity contribution in [3.63, 3.8) is 0 Å². The third-order valence-corrected chi connectivity index (χ3v) is 24.6. The first-order valence-corrected chi connectivity index (χ1v) is 42.3. The largest absolute Gasteiger partial charge is 1.00 e. The summed E-state index contributed by atoms with van der Waals surface area (Å²) in [6.45, 7) is 8.17. The number of nitrogens with zero attached hydrogens (tertiary/aromatic N) is 8. The minimum atomic E-state index is -0.465. The maximum atomic E-state index is 13.3. The zero-order valence-electron chi connectivity index (χ0n) is 57.6. The van der Waals surface area contributed by atoms with Gasteiger partial charge < -0.3 is 25.1 Å². The zero-order valence-corrected chi connectivity index (χ0v) is 70.2. The number of aromatic amines is 1. The predicted octanol–water partition coefficient (Wildman–Crippen LogP) is 15.0. The molecule has 9 aromatic rings. The molecule has 5 aliphatic rings. The van der Waals surface area contributed by atoms with Crippen molar-refractivity contribution in [2.24, 2.45) is 0 Å². The second kappa shape index (κ2) is 48.1. The molecule has 0 radical (unpaired) electrons. The Morgan fingerprint density at radius 2 is 0.933 bits per heavy atom. The van der Waals surface area contributed by atoms with Gasteiger partial charge in [-0.25, -0.2) is 11.1 Å². The predicted molar refractivity (Wildman–Crippen MR) is 446 cm³/mol. The van der Waals surface area contributed by atoms with Gasteiger partial charge in [0.25, 0.3) is 0 Å². The minimum absolute atomic E-state index is 0. The molecule has 0 saturated carbocycles. The van der Waals surface area contributed by atoms with Crippen molar-refractivity contribution in [3.05, 3.63) is 258 Å². The molecule has 5 aromatic heterocycles. The van der Waals surface area contributed by atoms with Crippen LogP contribution in [0.25, 0.3) is 33.5 Å². The summed E-state index contributed by atoms with van der Waals surface area (Å²) < 4.78 is 1.08. The number of Topliss-reactive ketones (excluding diaryl/α,β-unsaturated/α-hetero) is 3.